The molecule has 21 heavy (non-hydrogen) atoms. The van der Waals surface area contributed by atoms with Gasteiger partial charge in [0, 0.05) is 23.4 Å². The van der Waals surface area contributed by atoms with Gasteiger partial charge in [-0.25, -0.2) is 13.8 Å². The summed E-state index contributed by atoms with van der Waals surface area (Å²) in [5.41, 5.74) is 9.30. The smallest absolute Gasteiger partial charge is 0.137 e. The summed E-state index contributed by atoms with van der Waals surface area (Å²) < 4.78 is 29.0. The molecule has 3 rings (SSSR count). The van der Waals surface area contributed by atoms with E-state index in [1.165, 1.54) is 12.1 Å². The molecule has 0 aliphatic heterocycles. The van der Waals surface area contributed by atoms with Crippen molar-refractivity contribution in [1.29, 1.82) is 0 Å². The maximum Gasteiger partial charge on any atom is 0.137 e. The topological polar surface area (TPSA) is 43.3 Å². The quantitative estimate of drug-likeness (QED) is 0.782. The predicted octanol–water partition coefficient (Wildman–Crippen LogP) is 3.61. The highest BCUT2D eigenvalue weighted by Crippen LogP contribution is 2.30. The van der Waals surface area contributed by atoms with Crippen molar-refractivity contribution in [3.63, 3.8) is 0 Å². The van der Waals surface area contributed by atoms with E-state index >= 15 is 0 Å². The molecule has 3 aromatic rings. The minimum absolute atomic E-state index is 0.342. The molecule has 3 nitrogen and oxygen atoms in total. The van der Waals surface area contributed by atoms with E-state index in [4.69, 9.17) is 5.73 Å². The van der Waals surface area contributed by atoms with Crippen LogP contribution in [0.15, 0.2) is 36.4 Å². The highest BCUT2D eigenvalue weighted by atomic mass is 19.1. The van der Waals surface area contributed by atoms with Gasteiger partial charge in [-0.15, -0.1) is 0 Å². The van der Waals surface area contributed by atoms with E-state index in [1.54, 1.807) is 6.92 Å². The molecule has 0 aliphatic rings. The van der Waals surface area contributed by atoms with Gasteiger partial charge in [-0.3, -0.25) is 4.40 Å². The number of halogens is 2. The summed E-state index contributed by atoms with van der Waals surface area (Å²) in [6, 6.07) is 8.75. The molecule has 0 aliphatic carbocycles. The average molecular weight is 287 g/mol. The van der Waals surface area contributed by atoms with Crippen LogP contribution in [0.4, 0.5) is 8.78 Å². The van der Waals surface area contributed by atoms with Gasteiger partial charge < -0.3 is 5.73 Å². The second-order valence-corrected chi connectivity index (χ2v) is 5.15. The Morgan fingerprint density at radius 1 is 1.14 bits per heavy atom. The Kier molecular flexibility index (Phi) is 3.22. The van der Waals surface area contributed by atoms with E-state index in [9.17, 15) is 8.78 Å². The van der Waals surface area contributed by atoms with Gasteiger partial charge in [0.2, 0.25) is 0 Å². The molecule has 1 unspecified atom stereocenters. The number of nitrogens with zero attached hydrogens (tertiary/aromatic N) is 2. The Balaban J connectivity index is 2.41. The van der Waals surface area contributed by atoms with E-state index in [1.807, 2.05) is 29.5 Å². The first-order valence-corrected chi connectivity index (χ1v) is 6.67. The van der Waals surface area contributed by atoms with Crippen molar-refractivity contribution >= 4 is 5.65 Å². The van der Waals surface area contributed by atoms with Crippen LogP contribution in [0, 0.1) is 18.6 Å². The van der Waals surface area contributed by atoms with Gasteiger partial charge in [0.1, 0.15) is 17.3 Å². The van der Waals surface area contributed by atoms with Crippen molar-refractivity contribution < 1.29 is 8.78 Å². The molecular weight excluding hydrogens is 272 g/mol. The van der Waals surface area contributed by atoms with Crippen LogP contribution in [-0.4, -0.2) is 9.38 Å². The molecule has 5 heteroatoms. The van der Waals surface area contributed by atoms with Crippen LogP contribution in [0.25, 0.3) is 16.9 Å². The number of imidazole rings is 1. The van der Waals surface area contributed by atoms with E-state index < -0.39 is 11.6 Å². The molecule has 0 amide bonds. The van der Waals surface area contributed by atoms with Crippen LogP contribution in [0.5, 0.6) is 0 Å². The summed E-state index contributed by atoms with van der Waals surface area (Å²) in [7, 11) is 0. The van der Waals surface area contributed by atoms with Gasteiger partial charge in [0.15, 0.2) is 0 Å². The molecular formula is C16H15F2N3. The van der Waals surface area contributed by atoms with Gasteiger partial charge in [0.25, 0.3) is 0 Å². The Hall–Kier alpha value is -2.27. The zero-order valence-electron chi connectivity index (χ0n) is 11.8. The van der Waals surface area contributed by atoms with E-state index in [2.05, 4.69) is 4.98 Å². The van der Waals surface area contributed by atoms with Crippen molar-refractivity contribution in [3.8, 4) is 11.3 Å². The lowest BCUT2D eigenvalue weighted by molar-refractivity contribution is 0.584. The first-order chi connectivity index (χ1) is 9.97. The largest absolute Gasteiger partial charge is 0.323 e. The van der Waals surface area contributed by atoms with E-state index in [0.717, 1.165) is 11.8 Å². The number of nitrogens with two attached hydrogens (primary N) is 1. The highest BCUT2D eigenvalue weighted by molar-refractivity contribution is 5.68. The number of aromatic nitrogens is 2. The SMILES string of the molecule is Cc1cccc2nc(C(C)N)c(-c3cc(F)cc(F)c3)n12. The van der Waals surface area contributed by atoms with Crippen LogP contribution in [-0.2, 0) is 0 Å². The Bertz CT molecular complexity index is 801. The first-order valence-electron chi connectivity index (χ1n) is 6.67. The lowest BCUT2D eigenvalue weighted by Gasteiger charge is -2.10. The monoisotopic (exact) mass is 287 g/mol. The number of pyridine rings is 1. The van der Waals surface area contributed by atoms with E-state index in [-0.39, 0.29) is 6.04 Å². The molecule has 1 aromatic carbocycles. The maximum atomic E-state index is 13.6. The summed E-state index contributed by atoms with van der Waals surface area (Å²) in [4.78, 5) is 4.50. The minimum Gasteiger partial charge on any atom is -0.323 e. The highest BCUT2D eigenvalue weighted by Gasteiger charge is 2.19. The summed E-state index contributed by atoms with van der Waals surface area (Å²) in [5.74, 6) is -1.24. The third-order valence-corrected chi connectivity index (χ3v) is 3.43. The zero-order chi connectivity index (χ0) is 15.1. The third-order valence-electron chi connectivity index (χ3n) is 3.43. The number of fused-ring (bicyclic) bond motifs is 1. The number of benzene rings is 1. The van der Waals surface area contributed by atoms with Crippen molar-refractivity contribution in [2.45, 2.75) is 19.9 Å². The van der Waals surface area contributed by atoms with Gasteiger partial charge in [0.05, 0.1) is 11.4 Å². The fourth-order valence-electron chi connectivity index (χ4n) is 2.56. The molecule has 0 saturated carbocycles. The lowest BCUT2D eigenvalue weighted by atomic mass is 10.1. The fourth-order valence-corrected chi connectivity index (χ4v) is 2.56. The van der Waals surface area contributed by atoms with Crippen molar-refractivity contribution in [1.82, 2.24) is 9.38 Å². The summed E-state index contributed by atoms with van der Waals surface area (Å²) in [6.07, 6.45) is 0. The number of hydrogen-bond donors (Lipinski definition) is 1. The van der Waals surface area contributed by atoms with Gasteiger partial charge in [-0.05, 0) is 38.1 Å². The molecule has 2 aromatic heterocycles. The fraction of sp³-hybridized carbons (Fsp3) is 0.188. The van der Waals surface area contributed by atoms with E-state index in [0.29, 0.717) is 22.6 Å². The molecule has 108 valence electrons. The second kappa shape index (κ2) is 4.93. The summed E-state index contributed by atoms with van der Waals surface area (Å²) in [5, 5.41) is 0. The lowest BCUT2D eigenvalue weighted by Crippen LogP contribution is -2.07. The molecule has 0 bridgehead atoms. The van der Waals surface area contributed by atoms with Crippen LogP contribution in [0.2, 0.25) is 0 Å². The molecule has 0 fully saturated rings. The number of rotatable bonds is 2. The zero-order valence-corrected chi connectivity index (χ0v) is 11.8. The van der Waals surface area contributed by atoms with Crippen molar-refractivity contribution in [3.05, 3.63) is 59.4 Å². The Morgan fingerprint density at radius 3 is 2.43 bits per heavy atom. The predicted molar refractivity (Wildman–Crippen MR) is 77.9 cm³/mol. The second-order valence-electron chi connectivity index (χ2n) is 5.15. The van der Waals surface area contributed by atoms with Crippen molar-refractivity contribution in [2.75, 3.05) is 0 Å². The van der Waals surface area contributed by atoms with Crippen molar-refractivity contribution in [2.24, 2.45) is 5.73 Å². The molecule has 0 saturated heterocycles. The molecule has 2 N–H and O–H groups in total. The average Bonchev–Trinajstić information content (AvgIpc) is 2.78. The summed E-state index contributed by atoms with van der Waals surface area (Å²) >= 11 is 0. The summed E-state index contributed by atoms with van der Waals surface area (Å²) in [6.45, 7) is 3.72. The standard InChI is InChI=1S/C16H15F2N3/c1-9-4-3-5-14-20-15(10(2)19)16(21(9)14)11-6-12(17)8-13(18)7-11/h3-8,10H,19H2,1-2H3. The molecule has 2 heterocycles. The minimum atomic E-state index is -0.621. The normalized spacial score (nSPS) is 12.8. The van der Waals surface area contributed by atoms with Crippen LogP contribution < -0.4 is 5.73 Å². The molecule has 0 spiro atoms. The number of hydrogen-bond acceptors (Lipinski definition) is 2. The van der Waals surface area contributed by atoms with Gasteiger partial charge in [-0.2, -0.15) is 0 Å². The third kappa shape index (κ3) is 2.29. The number of aryl methyl sites for hydroxylation is 1. The Morgan fingerprint density at radius 2 is 1.81 bits per heavy atom. The van der Waals surface area contributed by atoms with Crippen LogP contribution >= 0.6 is 0 Å². The maximum absolute atomic E-state index is 13.6. The van der Waals surface area contributed by atoms with Crippen LogP contribution in [0.3, 0.4) is 0 Å². The van der Waals surface area contributed by atoms with Crippen LogP contribution in [0.1, 0.15) is 24.4 Å². The van der Waals surface area contributed by atoms with Gasteiger partial charge in [-0.1, -0.05) is 6.07 Å². The first kappa shape index (κ1) is 13.7. The molecule has 0 radical (unpaired) electrons. The van der Waals surface area contributed by atoms with Gasteiger partial charge >= 0.3 is 0 Å². The molecule has 1 atom stereocenters. The Labute approximate surface area is 121 Å².